The fraction of sp³-hybridized carbons (Fsp3) is 0.375. The van der Waals surface area contributed by atoms with Gasteiger partial charge < -0.3 is 25.0 Å². The van der Waals surface area contributed by atoms with Gasteiger partial charge in [-0.15, -0.1) is 5.10 Å². The van der Waals surface area contributed by atoms with Gasteiger partial charge in [0.05, 0.1) is 18.4 Å². The number of halogens is 1. The minimum Gasteiger partial charge on any atom is -0.508 e. The molecular weight excluding hydrogens is 457 g/mol. The fourth-order valence-electron chi connectivity index (χ4n) is 4.19. The van der Waals surface area contributed by atoms with Gasteiger partial charge in [-0.25, -0.2) is 13.8 Å². The summed E-state index contributed by atoms with van der Waals surface area (Å²) in [6, 6.07) is 6.85. The average molecular weight is 486 g/mol. The Morgan fingerprint density at radius 2 is 1.77 bits per heavy atom. The van der Waals surface area contributed by atoms with E-state index in [-0.39, 0.29) is 40.6 Å². The summed E-state index contributed by atoms with van der Waals surface area (Å²) in [5.41, 5.74) is 1.56. The number of rotatable bonds is 5. The van der Waals surface area contributed by atoms with Crippen molar-refractivity contribution in [1.29, 1.82) is 0 Å². The molecule has 3 aromatic rings. The molecule has 1 amide bonds. The molecule has 10 nitrogen and oxygen atoms in total. The molecule has 0 aliphatic carbocycles. The number of methoxy groups -OCH3 is 1. The van der Waals surface area contributed by atoms with Crippen molar-refractivity contribution in [3.8, 4) is 34.6 Å². The number of carbonyl (C=O) groups excluding carboxylic acids is 1. The maximum atomic E-state index is 15.1. The number of nitrogens with zero attached hydrogens (tertiary/aromatic N) is 5. The average Bonchev–Trinajstić information content (AvgIpc) is 3.21. The van der Waals surface area contributed by atoms with E-state index in [0.717, 1.165) is 0 Å². The van der Waals surface area contributed by atoms with Crippen molar-refractivity contribution in [3.63, 3.8) is 0 Å². The summed E-state index contributed by atoms with van der Waals surface area (Å²) in [6.45, 7) is 6.31. The maximum Gasteiger partial charge on any atom is 0.409 e. The van der Waals surface area contributed by atoms with Crippen LogP contribution in [0.15, 0.2) is 30.3 Å². The summed E-state index contributed by atoms with van der Waals surface area (Å²) in [6.07, 6.45) is -0.370. The van der Waals surface area contributed by atoms with Crippen LogP contribution in [0.1, 0.15) is 30.9 Å². The van der Waals surface area contributed by atoms with E-state index < -0.39 is 11.8 Å². The number of phenolic OH excluding ortho intramolecular Hbond substituents is 2. The lowest BCUT2D eigenvalue weighted by molar-refractivity contribution is 0.0885. The van der Waals surface area contributed by atoms with E-state index in [9.17, 15) is 20.1 Å². The summed E-state index contributed by atoms with van der Waals surface area (Å²) in [5.74, 6) is -0.712. The molecule has 0 bridgehead atoms. The second kappa shape index (κ2) is 9.79. The van der Waals surface area contributed by atoms with Crippen LogP contribution in [0.3, 0.4) is 0 Å². The third kappa shape index (κ3) is 4.85. The fourth-order valence-corrected chi connectivity index (χ4v) is 4.19. The zero-order chi connectivity index (χ0) is 25.3. The first-order valence-electron chi connectivity index (χ1n) is 11.2. The first-order chi connectivity index (χ1) is 16.7. The van der Waals surface area contributed by atoms with Gasteiger partial charge in [0.25, 0.3) is 0 Å². The molecule has 0 unspecified atom stereocenters. The monoisotopic (exact) mass is 485 g/mol. The van der Waals surface area contributed by atoms with E-state index in [1.54, 1.807) is 23.1 Å². The quantitative estimate of drug-likeness (QED) is 0.503. The topological polar surface area (TPSA) is 124 Å². The molecule has 35 heavy (non-hydrogen) atoms. The van der Waals surface area contributed by atoms with Crippen LogP contribution < -0.4 is 0 Å². The van der Waals surface area contributed by atoms with Crippen LogP contribution in [-0.2, 0) is 11.3 Å². The lowest BCUT2D eigenvalue weighted by atomic mass is 9.98. The van der Waals surface area contributed by atoms with Gasteiger partial charge in [-0.2, -0.15) is 0 Å². The Morgan fingerprint density at radius 3 is 2.40 bits per heavy atom. The molecule has 4 rings (SSSR count). The summed E-state index contributed by atoms with van der Waals surface area (Å²) in [4.78, 5) is 15.3. The van der Waals surface area contributed by atoms with Gasteiger partial charge >= 0.3 is 12.1 Å². The molecule has 186 valence electrons. The van der Waals surface area contributed by atoms with Crippen LogP contribution in [-0.4, -0.2) is 79.3 Å². The molecular formula is C24H28FN5O5. The minimum atomic E-state index is -0.477. The molecule has 0 saturated carbocycles. The van der Waals surface area contributed by atoms with Crippen LogP contribution in [0.4, 0.5) is 9.18 Å². The Morgan fingerprint density at radius 1 is 1.06 bits per heavy atom. The van der Waals surface area contributed by atoms with Crippen LogP contribution in [0.2, 0.25) is 0 Å². The highest BCUT2D eigenvalue weighted by Crippen LogP contribution is 2.38. The van der Waals surface area contributed by atoms with E-state index >= 15 is 4.39 Å². The first kappa shape index (κ1) is 24.3. The smallest absolute Gasteiger partial charge is 0.409 e. The summed E-state index contributed by atoms with van der Waals surface area (Å²) < 4.78 is 21.1. The minimum absolute atomic E-state index is 0.0365. The van der Waals surface area contributed by atoms with Gasteiger partial charge in [-0.1, -0.05) is 25.0 Å². The van der Waals surface area contributed by atoms with Crippen molar-refractivity contribution in [2.24, 2.45) is 0 Å². The normalized spacial score (nSPS) is 14.5. The molecule has 1 aliphatic heterocycles. The predicted molar refractivity (Wildman–Crippen MR) is 125 cm³/mol. The van der Waals surface area contributed by atoms with Gasteiger partial charge in [0.15, 0.2) is 5.82 Å². The van der Waals surface area contributed by atoms with Crippen molar-refractivity contribution in [1.82, 2.24) is 24.6 Å². The first-order valence-corrected chi connectivity index (χ1v) is 11.2. The number of hydrogen-bond acceptors (Lipinski definition) is 8. The van der Waals surface area contributed by atoms with E-state index in [0.29, 0.717) is 43.9 Å². The Labute approximate surface area is 201 Å². The zero-order valence-corrected chi connectivity index (χ0v) is 19.8. The summed E-state index contributed by atoms with van der Waals surface area (Å²) in [5, 5.41) is 38.6. The standard InChI is InChI=1S/C24H28FN5O5/c1-14(2)17-11-18(21(32)12-20(17)31)22-26-27-23(33)30(22)16-5-4-15(19(25)10-16)13-28-6-8-29(9-7-28)24(34)35-3/h4-5,10-12,14,31-32H,6-9,13H2,1-3H3,(H,27,33). The number of piperazine rings is 1. The number of carbonyl (C=O) groups is 1. The zero-order valence-electron chi connectivity index (χ0n) is 19.8. The van der Waals surface area contributed by atoms with Crippen LogP contribution in [0.5, 0.6) is 17.5 Å². The van der Waals surface area contributed by atoms with Crippen LogP contribution >= 0.6 is 0 Å². The molecule has 1 saturated heterocycles. The molecule has 0 spiro atoms. The van der Waals surface area contributed by atoms with Gasteiger partial charge in [0, 0.05) is 44.4 Å². The third-order valence-electron chi connectivity index (χ3n) is 6.15. The Balaban J connectivity index is 1.59. The molecule has 1 aromatic heterocycles. The SMILES string of the molecule is COC(=O)N1CCN(Cc2ccc(-n3c(O)nnc3-c3cc(C(C)C)c(O)cc3O)cc2F)CC1. The molecule has 1 aliphatic rings. The second-order valence-electron chi connectivity index (χ2n) is 8.75. The molecule has 11 heteroatoms. The summed E-state index contributed by atoms with van der Waals surface area (Å²) >= 11 is 0. The molecule has 0 atom stereocenters. The number of benzene rings is 2. The Kier molecular flexibility index (Phi) is 6.79. The van der Waals surface area contributed by atoms with Crippen LogP contribution in [0, 0.1) is 5.82 Å². The van der Waals surface area contributed by atoms with Gasteiger partial charge in [-0.3, -0.25) is 4.90 Å². The Bertz CT molecular complexity index is 1240. The van der Waals surface area contributed by atoms with Gasteiger partial charge in [-0.05, 0) is 29.7 Å². The highest BCUT2D eigenvalue weighted by atomic mass is 19.1. The lowest BCUT2D eigenvalue weighted by Crippen LogP contribution is -2.48. The number of phenols is 2. The second-order valence-corrected chi connectivity index (χ2v) is 8.75. The van der Waals surface area contributed by atoms with Crippen molar-refractivity contribution in [2.75, 3.05) is 33.3 Å². The van der Waals surface area contributed by atoms with Gasteiger partial charge in [0.2, 0.25) is 0 Å². The van der Waals surface area contributed by atoms with E-state index in [1.165, 1.54) is 23.8 Å². The van der Waals surface area contributed by atoms with Crippen molar-refractivity contribution < 1.29 is 29.2 Å². The number of hydrogen-bond donors (Lipinski definition) is 3. The third-order valence-corrected chi connectivity index (χ3v) is 6.15. The largest absolute Gasteiger partial charge is 0.508 e. The highest BCUT2D eigenvalue weighted by Gasteiger charge is 2.24. The number of aromatic hydroxyl groups is 3. The van der Waals surface area contributed by atoms with Crippen molar-refractivity contribution >= 4 is 6.09 Å². The maximum absolute atomic E-state index is 15.1. The lowest BCUT2D eigenvalue weighted by Gasteiger charge is -2.33. The molecule has 2 heterocycles. The number of amides is 1. The number of ether oxygens (including phenoxy) is 1. The van der Waals surface area contributed by atoms with Gasteiger partial charge in [0.1, 0.15) is 17.3 Å². The van der Waals surface area contributed by atoms with E-state index in [4.69, 9.17) is 4.74 Å². The number of aromatic nitrogens is 3. The predicted octanol–water partition coefficient (Wildman–Crippen LogP) is 3.20. The van der Waals surface area contributed by atoms with E-state index in [1.807, 2.05) is 18.7 Å². The van der Waals surface area contributed by atoms with Crippen LogP contribution in [0.25, 0.3) is 17.1 Å². The Hall–Kier alpha value is -3.86. The highest BCUT2D eigenvalue weighted by molar-refractivity contribution is 5.70. The van der Waals surface area contributed by atoms with Crippen molar-refractivity contribution in [3.05, 3.63) is 47.3 Å². The van der Waals surface area contributed by atoms with E-state index in [2.05, 4.69) is 10.2 Å². The molecule has 1 fully saturated rings. The molecule has 0 radical (unpaired) electrons. The van der Waals surface area contributed by atoms with Crippen molar-refractivity contribution in [2.45, 2.75) is 26.3 Å². The summed E-state index contributed by atoms with van der Waals surface area (Å²) in [7, 11) is 1.34. The molecule has 2 aromatic carbocycles. The molecule has 3 N–H and O–H groups in total.